The largest absolute Gasteiger partial charge is 0.389 e. The third-order valence-electron chi connectivity index (χ3n) is 2.31. The van der Waals surface area contributed by atoms with Crippen molar-refractivity contribution in [2.24, 2.45) is 0 Å². The molecule has 0 aliphatic rings. The fourth-order valence-electron chi connectivity index (χ4n) is 1.34. The van der Waals surface area contributed by atoms with Crippen LogP contribution >= 0.6 is 0 Å². The van der Waals surface area contributed by atoms with E-state index in [2.05, 4.69) is 0 Å². The van der Waals surface area contributed by atoms with Gasteiger partial charge in [0.2, 0.25) is 0 Å². The minimum absolute atomic E-state index is 0.142. The molecule has 0 radical (unpaired) electrons. The van der Waals surface area contributed by atoms with Gasteiger partial charge in [-0.25, -0.2) is 8.42 Å². The molecule has 1 rings (SSSR count). The number of sulfone groups is 1. The Hall–Kier alpha value is -1.42. The summed E-state index contributed by atoms with van der Waals surface area (Å²) >= 11 is 0. The molecule has 0 aliphatic heterocycles. The van der Waals surface area contributed by atoms with Crippen LogP contribution < -0.4 is 0 Å². The first kappa shape index (κ1) is 13.6. The number of aliphatic hydroxyl groups is 2. The van der Waals surface area contributed by atoms with E-state index >= 15 is 0 Å². The summed E-state index contributed by atoms with van der Waals surface area (Å²) < 4.78 is 22.4. The molecule has 2 unspecified atom stereocenters. The predicted molar refractivity (Wildman–Crippen MR) is 60.7 cm³/mol. The van der Waals surface area contributed by atoms with Crippen LogP contribution in [0.15, 0.2) is 29.2 Å². The van der Waals surface area contributed by atoms with Gasteiger partial charge in [-0.1, -0.05) is 12.1 Å². The molecular formula is C11H13NO4S. The molecule has 5 nitrogen and oxygen atoms in total. The summed E-state index contributed by atoms with van der Waals surface area (Å²) in [5.41, 5.74) is 0.375. The fourth-order valence-corrected chi connectivity index (χ4v) is 1.97. The van der Waals surface area contributed by atoms with Crippen molar-refractivity contribution in [1.82, 2.24) is 0 Å². The molecule has 92 valence electrons. The lowest BCUT2D eigenvalue weighted by atomic mass is 10.0. The Morgan fingerprint density at radius 3 is 2.24 bits per heavy atom. The van der Waals surface area contributed by atoms with E-state index in [0.29, 0.717) is 5.56 Å². The van der Waals surface area contributed by atoms with Gasteiger partial charge in [0.05, 0.1) is 23.5 Å². The molecule has 0 aromatic heterocycles. The van der Waals surface area contributed by atoms with Crippen LogP contribution in [0.25, 0.3) is 0 Å². The quantitative estimate of drug-likeness (QED) is 0.811. The molecule has 6 heteroatoms. The molecule has 0 aliphatic carbocycles. The van der Waals surface area contributed by atoms with Crippen molar-refractivity contribution in [2.75, 3.05) is 6.26 Å². The minimum Gasteiger partial charge on any atom is -0.389 e. The zero-order valence-corrected chi connectivity index (χ0v) is 10.1. The summed E-state index contributed by atoms with van der Waals surface area (Å²) in [5, 5.41) is 27.5. The molecular weight excluding hydrogens is 242 g/mol. The van der Waals surface area contributed by atoms with E-state index in [4.69, 9.17) is 5.26 Å². The van der Waals surface area contributed by atoms with Crippen LogP contribution in [0.4, 0.5) is 0 Å². The van der Waals surface area contributed by atoms with Gasteiger partial charge < -0.3 is 10.2 Å². The Balaban J connectivity index is 2.92. The molecule has 17 heavy (non-hydrogen) atoms. The van der Waals surface area contributed by atoms with E-state index in [1.807, 2.05) is 0 Å². The van der Waals surface area contributed by atoms with Gasteiger partial charge in [-0.3, -0.25) is 0 Å². The second-order valence-electron chi connectivity index (χ2n) is 3.72. The Morgan fingerprint density at radius 1 is 1.29 bits per heavy atom. The second-order valence-corrected chi connectivity index (χ2v) is 5.73. The molecule has 0 spiro atoms. The topological polar surface area (TPSA) is 98.4 Å². The van der Waals surface area contributed by atoms with Gasteiger partial charge in [-0.2, -0.15) is 5.26 Å². The summed E-state index contributed by atoms with van der Waals surface area (Å²) in [6.45, 7) is 0. The monoisotopic (exact) mass is 255 g/mol. The molecule has 0 bridgehead atoms. The average molecular weight is 255 g/mol. The predicted octanol–water partition coefficient (Wildman–Crippen LogP) is 0.398. The number of nitriles is 1. The standard InChI is InChI=1S/C11H13NO4S/c1-17(15,16)9-4-2-8(3-5-9)11(14)10(13)6-7-12/h2-5,10-11,13-14H,6H2,1H3. The third-order valence-corrected chi connectivity index (χ3v) is 3.44. The summed E-state index contributed by atoms with van der Waals surface area (Å²) in [6.07, 6.45) is -1.47. The van der Waals surface area contributed by atoms with Crippen LogP contribution in [0.3, 0.4) is 0 Å². The Kier molecular flexibility index (Phi) is 4.23. The lowest BCUT2D eigenvalue weighted by Gasteiger charge is -2.15. The Labute approximate surface area is 99.9 Å². The van der Waals surface area contributed by atoms with Crippen molar-refractivity contribution in [2.45, 2.75) is 23.5 Å². The van der Waals surface area contributed by atoms with Gasteiger partial charge >= 0.3 is 0 Å². The SMILES string of the molecule is CS(=O)(=O)c1ccc(C(O)C(O)CC#N)cc1. The zero-order chi connectivity index (χ0) is 13.1. The molecule has 1 aromatic rings. The van der Waals surface area contributed by atoms with Crippen molar-refractivity contribution in [3.05, 3.63) is 29.8 Å². The maximum Gasteiger partial charge on any atom is 0.175 e. The molecule has 0 amide bonds. The highest BCUT2D eigenvalue weighted by molar-refractivity contribution is 7.90. The maximum atomic E-state index is 11.2. The molecule has 0 fully saturated rings. The number of nitrogens with zero attached hydrogens (tertiary/aromatic N) is 1. The molecule has 2 atom stereocenters. The number of hydrogen-bond donors (Lipinski definition) is 2. The maximum absolute atomic E-state index is 11.2. The smallest absolute Gasteiger partial charge is 0.175 e. The highest BCUT2D eigenvalue weighted by Gasteiger charge is 2.18. The van der Waals surface area contributed by atoms with Gasteiger partial charge in [-0.15, -0.1) is 0 Å². The third kappa shape index (κ3) is 3.53. The first-order valence-corrected chi connectivity index (χ1v) is 6.78. The number of rotatable bonds is 4. The first-order valence-electron chi connectivity index (χ1n) is 4.89. The van der Waals surface area contributed by atoms with Crippen LogP contribution in [-0.2, 0) is 9.84 Å². The molecule has 1 aromatic carbocycles. The van der Waals surface area contributed by atoms with Crippen LogP contribution in [0.5, 0.6) is 0 Å². The van der Waals surface area contributed by atoms with Crippen LogP contribution in [0.2, 0.25) is 0 Å². The van der Waals surface area contributed by atoms with E-state index in [1.54, 1.807) is 6.07 Å². The fraction of sp³-hybridized carbons (Fsp3) is 0.364. The van der Waals surface area contributed by atoms with Crippen molar-refractivity contribution >= 4 is 9.84 Å². The second kappa shape index (κ2) is 5.27. The molecule has 0 saturated heterocycles. The van der Waals surface area contributed by atoms with Crippen LogP contribution in [0.1, 0.15) is 18.1 Å². The van der Waals surface area contributed by atoms with E-state index in [1.165, 1.54) is 24.3 Å². The van der Waals surface area contributed by atoms with Crippen molar-refractivity contribution < 1.29 is 18.6 Å². The zero-order valence-electron chi connectivity index (χ0n) is 9.24. The average Bonchev–Trinajstić information content (AvgIpc) is 2.27. The molecule has 0 heterocycles. The van der Waals surface area contributed by atoms with E-state index in [9.17, 15) is 18.6 Å². The number of hydrogen-bond acceptors (Lipinski definition) is 5. The first-order chi connectivity index (χ1) is 7.86. The Bertz CT molecular complexity index is 515. The van der Waals surface area contributed by atoms with Gasteiger partial charge in [0, 0.05) is 6.26 Å². The molecule has 0 saturated carbocycles. The summed E-state index contributed by atoms with van der Waals surface area (Å²) in [6, 6.07) is 7.29. The van der Waals surface area contributed by atoms with E-state index in [-0.39, 0.29) is 11.3 Å². The normalized spacial score (nSPS) is 14.9. The van der Waals surface area contributed by atoms with E-state index in [0.717, 1.165) is 6.26 Å². The van der Waals surface area contributed by atoms with Gasteiger partial charge in [0.1, 0.15) is 6.10 Å². The van der Waals surface area contributed by atoms with Crippen LogP contribution in [-0.4, -0.2) is 31.0 Å². The lowest BCUT2D eigenvalue weighted by molar-refractivity contribution is 0.0216. The van der Waals surface area contributed by atoms with Crippen LogP contribution in [0, 0.1) is 11.3 Å². The number of benzene rings is 1. The van der Waals surface area contributed by atoms with Crippen molar-refractivity contribution in [3.8, 4) is 6.07 Å². The molecule has 2 N–H and O–H groups in total. The highest BCUT2D eigenvalue weighted by atomic mass is 32.2. The van der Waals surface area contributed by atoms with Gasteiger partial charge in [-0.05, 0) is 17.7 Å². The van der Waals surface area contributed by atoms with Crippen molar-refractivity contribution in [1.29, 1.82) is 5.26 Å². The van der Waals surface area contributed by atoms with Gasteiger partial charge in [0.15, 0.2) is 9.84 Å². The van der Waals surface area contributed by atoms with Crippen molar-refractivity contribution in [3.63, 3.8) is 0 Å². The number of aliphatic hydroxyl groups excluding tert-OH is 2. The lowest BCUT2D eigenvalue weighted by Crippen LogP contribution is -2.17. The summed E-state index contributed by atoms with van der Waals surface area (Å²) in [5.74, 6) is 0. The summed E-state index contributed by atoms with van der Waals surface area (Å²) in [7, 11) is -3.27. The summed E-state index contributed by atoms with van der Waals surface area (Å²) in [4.78, 5) is 0.142. The van der Waals surface area contributed by atoms with Gasteiger partial charge in [0.25, 0.3) is 0 Å². The highest BCUT2D eigenvalue weighted by Crippen LogP contribution is 2.20. The van der Waals surface area contributed by atoms with E-state index < -0.39 is 22.0 Å². The Morgan fingerprint density at radius 2 is 1.82 bits per heavy atom. The minimum atomic E-state index is -3.27.